The first-order chi connectivity index (χ1) is 28.3. The van der Waals surface area contributed by atoms with E-state index in [4.69, 9.17) is 9.47 Å². The molecule has 0 aliphatic carbocycles. The van der Waals surface area contributed by atoms with Crippen molar-refractivity contribution in [2.45, 2.75) is 256 Å². The Hall–Kier alpha value is -1.59. The normalized spacial score (nSPS) is 21.1. The van der Waals surface area contributed by atoms with Crippen LogP contribution in [0.1, 0.15) is 213 Å². The molecule has 1 heterocycles. The highest BCUT2D eigenvalue weighted by Crippen LogP contribution is 2.22. The largest absolute Gasteiger partial charge is 0.394 e. The van der Waals surface area contributed by atoms with E-state index in [0.717, 1.165) is 57.8 Å². The lowest BCUT2D eigenvalue weighted by Gasteiger charge is -2.40. The van der Waals surface area contributed by atoms with E-state index in [1.54, 1.807) is 6.08 Å². The van der Waals surface area contributed by atoms with Crippen molar-refractivity contribution in [2.75, 3.05) is 13.2 Å². The number of amides is 1. The van der Waals surface area contributed by atoms with Gasteiger partial charge in [0.2, 0.25) is 5.91 Å². The predicted molar refractivity (Wildman–Crippen MR) is 240 cm³/mol. The van der Waals surface area contributed by atoms with Gasteiger partial charge in [0.05, 0.1) is 25.4 Å². The Bertz CT molecular complexity index is 1000. The fraction of sp³-hybridized carbons (Fsp3) is 0.857. The number of unbranched alkanes of at least 4 members (excludes halogenated alkanes) is 26. The summed E-state index contributed by atoms with van der Waals surface area (Å²) in [6, 6.07) is -0.824. The molecule has 1 aliphatic heterocycles. The number of aliphatic hydroxyl groups excluding tert-OH is 5. The van der Waals surface area contributed by atoms with Crippen LogP contribution in [0.25, 0.3) is 0 Å². The maximum atomic E-state index is 12.9. The van der Waals surface area contributed by atoms with Crippen molar-refractivity contribution in [2.24, 2.45) is 0 Å². The Labute approximate surface area is 355 Å². The van der Waals surface area contributed by atoms with Crippen LogP contribution in [0.3, 0.4) is 0 Å². The van der Waals surface area contributed by atoms with Crippen molar-refractivity contribution in [3.8, 4) is 0 Å². The molecule has 58 heavy (non-hydrogen) atoms. The van der Waals surface area contributed by atoms with Gasteiger partial charge in [0.25, 0.3) is 0 Å². The second kappa shape index (κ2) is 39.5. The van der Waals surface area contributed by atoms with Crippen LogP contribution in [0.4, 0.5) is 0 Å². The molecule has 6 N–H and O–H groups in total. The summed E-state index contributed by atoms with van der Waals surface area (Å²) < 4.78 is 11.2. The molecule has 340 valence electrons. The SMILES string of the molecule is CCCCC/C=C\CCCCCCCC(=O)NC(COC1OC(CO)C(O)C(O)C1O)C(O)/C=C/CC/C=C/CCCCCCCCCCCCCCCCCCC. The highest BCUT2D eigenvalue weighted by atomic mass is 16.7. The lowest BCUT2D eigenvalue weighted by atomic mass is 9.99. The third-order valence-electron chi connectivity index (χ3n) is 11.4. The summed E-state index contributed by atoms with van der Waals surface area (Å²) in [5.41, 5.74) is 0. The van der Waals surface area contributed by atoms with E-state index >= 15 is 0 Å². The number of carbonyl (C=O) groups excluding carboxylic acids is 1. The third kappa shape index (κ3) is 29.6. The van der Waals surface area contributed by atoms with Crippen LogP contribution in [0.2, 0.25) is 0 Å². The standard InChI is InChI=1S/C49H91NO8/c1-3-5-7-9-11-13-15-17-18-19-20-21-22-23-24-25-26-27-28-30-32-34-36-38-43(52)42(41-57-49-48(56)47(55)46(54)44(40-51)58-49)50-45(53)39-37-35-33-31-29-16-14-12-10-8-6-4-2/h12,14,28,30,36,38,42-44,46-49,51-52,54-56H,3-11,13,15-27,29,31-35,37,39-41H2,1-2H3,(H,50,53)/b14-12-,30-28+,38-36+. The monoisotopic (exact) mass is 822 g/mol. The Morgan fingerprint density at radius 3 is 1.48 bits per heavy atom. The molecule has 7 unspecified atom stereocenters. The van der Waals surface area contributed by atoms with Crippen LogP contribution in [-0.4, -0.2) is 87.5 Å². The highest BCUT2D eigenvalue weighted by molar-refractivity contribution is 5.76. The summed E-state index contributed by atoms with van der Waals surface area (Å²) in [5, 5.41) is 54.2. The zero-order chi connectivity index (χ0) is 42.3. The van der Waals surface area contributed by atoms with Crippen LogP contribution in [-0.2, 0) is 14.3 Å². The summed E-state index contributed by atoms with van der Waals surface area (Å²) in [6.07, 6.45) is 42.0. The molecule has 7 atom stereocenters. The molecular weight excluding hydrogens is 731 g/mol. The van der Waals surface area contributed by atoms with Gasteiger partial charge in [0.15, 0.2) is 6.29 Å². The maximum Gasteiger partial charge on any atom is 0.220 e. The van der Waals surface area contributed by atoms with Gasteiger partial charge in [-0.05, 0) is 57.8 Å². The van der Waals surface area contributed by atoms with Gasteiger partial charge < -0.3 is 40.3 Å². The number of ether oxygens (including phenoxy) is 2. The first-order valence-electron chi connectivity index (χ1n) is 24.2. The summed E-state index contributed by atoms with van der Waals surface area (Å²) in [7, 11) is 0. The first-order valence-corrected chi connectivity index (χ1v) is 24.2. The van der Waals surface area contributed by atoms with Gasteiger partial charge in [0, 0.05) is 6.42 Å². The minimum absolute atomic E-state index is 0.197. The fourth-order valence-electron chi connectivity index (χ4n) is 7.52. The Balaban J connectivity index is 2.32. The van der Waals surface area contributed by atoms with E-state index in [-0.39, 0.29) is 12.5 Å². The molecular formula is C49H91NO8. The van der Waals surface area contributed by atoms with Gasteiger partial charge >= 0.3 is 0 Å². The van der Waals surface area contributed by atoms with Crippen LogP contribution >= 0.6 is 0 Å². The molecule has 0 aromatic rings. The molecule has 9 heteroatoms. The predicted octanol–water partition coefficient (Wildman–Crippen LogP) is 10.5. The Kier molecular flexibility index (Phi) is 37.1. The van der Waals surface area contributed by atoms with Crippen molar-refractivity contribution in [1.82, 2.24) is 5.32 Å². The molecule has 0 saturated carbocycles. The molecule has 0 aromatic heterocycles. The molecule has 0 spiro atoms. The van der Waals surface area contributed by atoms with Crippen molar-refractivity contribution >= 4 is 5.91 Å². The average molecular weight is 822 g/mol. The second-order valence-electron chi connectivity index (χ2n) is 16.9. The second-order valence-corrected chi connectivity index (χ2v) is 16.9. The van der Waals surface area contributed by atoms with Crippen molar-refractivity contribution in [3.05, 3.63) is 36.5 Å². The van der Waals surface area contributed by atoms with Crippen molar-refractivity contribution < 1.29 is 39.8 Å². The topological polar surface area (TPSA) is 149 Å². The van der Waals surface area contributed by atoms with E-state index in [1.807, 2.05) is 6.08 Å². The van der Waals surface area contributed by atoms with Crippen molar-refractivity contribution in [1.29, 1.82) is 0 Å². The van der Waals surface area contributed by atoms with Crippen LogP contribution in [0.15, 0.2) is 36.5 Å². The first kappa shape index (κ1) is 54.4. The van der Waals surface area contributed by atoms with Gasteiger partial charge in [0.1, 0.15) is 24.4 Å². The molecule has 0 bridgehead atoms. The fourth-order valence-corrected chi connectivity index (χ4v) is 7.52. The average Bonchev–Trinajstić information content (AvgIpc) is 3.22. The molecule has 1 fully saturated rings. The van der Waals surface area contributed by atoms with Crippen LogP contribution in [0.5, 0.6) is 0 Å². The lowest BCUT2D eigenvalue weighted by Crippen LogP contribution is -2.60. The molecule has 0 radical (unpaired) electrons. The summed E-state index contributed by atoms with van der Waals surface area (Å²) in [6.45, 7) is 3.73. The number of hydrogen-bond acceptors (Lipinski definition) is 8. The van der Waals surface area contributed by atoms with Gasteiger partial charge in [-0.1, -0.05) is 185 Å². The van der Waals surface area contributed by atoms with E-state index in [9.17, 15) is 30.3 Å². The molecule has 1 aliphatic rings. The summed E-state index contributed by atoms with van der Waals surface area (Å²) >= 11 is 0. The van der Waals surface area contributed by atoms with E-state index in [0.29, 0.717) is 6.42 Å². The highest BCUT2D eigenvalue weighted by Gasteiger charge is 2.44. The lowest BCUT2D eigenvalue weighted by molar-refractivity contribution is -0.302. The number of allylic oxidation sites excluding steroid dienone is 5. The van der Waals surface area contributed by atoms with Gasteiger partial charge in [-0.15, -0.1) is 0 Å². The van der Waals surface area contributed by atoms with E-state index < -0.39 is 49.5 Å². The minimum Gasteiger partial charge on any atom is -0.394 e. The number of carbonyl (C=O) groups is 1. The molecule has 1 rings (SSSR count). The maximum absolute atomic E-state index is 12.9. The number of hydrogen-bond donors (Lipinski definition) is 6. The molecule has 1 amide bonds. The van der Waals surface area contributed by atoms with Crippen LogP contribution < -0.4 is 5.32 Å². The molecule has 0 aromatic carbocycles. The van der Waals surface area contributed by atoms with Gasteiger partial charge in [-0.3, -0.25) is 4.79 Å². The Morgan fingerprint density at radius 2 is 0.983 bits per heavy atom. The quantitative estimate of drug-likeness (QED) is 0.0264. The van der Waals surface area contributed by atoms with Crippen molar-refractivity contribution in [3.63, 3.8) is 0 Å². The number of aliphatic hydroxyl groups is 5. The van der Waals surface area contributed by atoms with Gasteiger partial charge in [-0.2, -0.15) is 0 Å². The third-order valence-corrected chi connectivity index (χ3v) is 11.4. The molecule has 1 saturated heterocycles. The van der Waals surface area contributed by atoms with E-state index in [1.165, 1.54) is 135 Å². The smallest absolute Gasteiger partial charge is 0.220 e. The molecule has 9 nitrogen and oxygen atoms in total. The number of nitrogens with one attached hydrogen (secondary N) is 1. The van der Waals surface area contributed by atoms with E-state index in [2.05, 4.69) is 43.5 Å². The zero-order valence-corrected chi connectivity index (χ0v) is 37.3. The summed E-state index contributed by atoms with van der Waals surface area (Å²) in [5.74, 6) is -0.197. The van der Waals surface area contributed by atoms with Crippen LogP contribution in [0, 0.1) is 0 Å². The van der Waals surface area contributed by atoms with Gasteiger partial charge in [-0.25, -0.2) is 0 Å². The summed E-state index contributed by atoms with van der Waals surface area (Å²) in [4.78, 5) is 12.9. The Morgan fingerprint density at radius 1 is 0.569 bits per heavy atom. The zero-order valence-electron chi connectivity index (χ0n) is 37.3. The minimum atomic E-state index is -1.57. The number of rotatable bonds is 40.